The number of halogens is 3. The number of nitrogens with one attached hydrogen (secondary N) is 1. The van der Waals surface area contributed by atoms with Crippen molar-refractivity contribution in [1.82, 2.24) is 0 Å². The predicted molar refractivity (Wildman–Crippen MR) is 89.2 cm³/mol. The van der Waals surface area contributed by atoms with Crippen LogP contribution < -0.4 is 5.32 Å². The SMILES string of the molecule is CC(=O)Nc1ccccc1CO/N=C(\C)c1cccc(C(F)(F)F)c1. The van der Waals surface area contributed by atoms with E-state index in [9.17, 15) is 18.0 Å². The van der Waals surface area contributed by atoms with Crippen molar-refractivity contribution in [3.63, 3.8) is 0 Å². The monoisotopic (exact) mass is 350 g/mol. The molecule has 0 aliphatic rings. The molecule has 0 unspecified atom stereocenters. The zero-order chi connectivity index (χ0) is 18.4. The second-order valence-corrected chi connectivity index (χ2v) is 5.37. The molecule has 4 nitrogen and oxygen atoms in total. The average molecular weight is 350 g/mol. The molecule has 0 aromatic heterocycles. The van der Waals surface area contributed by atoms with Crippen molar-refractivity contribution < 1.29 is 22.8 Å². The van der Waals surface area contributed by atoms with E-state index in [1.54, 1.807) is 31.2 Å². The number of hydrogen-bond acceptors (Lipinski definition) is 3. The Kier molecular flexibility index (Phi) is 5.80. The van der Waals surface area contributed by atoms with Gasteiger partial charge in [-0.15, -0.1) is 0 Å². The molecule has 1 amide bonds. The van der Waals surface area contributed by atoms with Gasteiger partial charge in [0.2, 0.25) is 5.91 Å². The minimum Gasteiger partial charge on any atom is -0.391 e. The molecule has 0 aliphatic heterocycles. The van der Waals surface area contributed by atoms with Crippen LogP contribution >= 0.6 is 0 Å². The lowest BCUT2D eigenvalue weighted by Gasteiger charge is -2.10. The van der Waals surface area contributed by atoms with Crippen LogP contribution in [0.3, 0.4) is 0 Å². The standard InChI is InChI=1S/C18H17F3N2O2/c1-12(14-7-5-8-16(10-14)18(19,20)21)23-25-11-15-6-3-4-9-17(15)22-13(2)24/h3-10H,11H2,1-2H3,(H,22,24)/b23-12+. The third-order valence-corrected chi connectivity index (χ3v) is 3.36. The Labute approximate surface area is 143 Å². The summed E-state index contributed by atoms with van der Waals surface area (Å²) in [5, 5.41) is 6.54. The molecule has 0 aliphatic carbocycles. The number of benzene rings is 2. The smallest absolute Gasteiger partial charge is 0.391 e. The quantitative estimate of drug-likeness (QED) is 0.633. The molecule has 0 saturated heterocycles. The summed E-state index contributed by atoms with van der Waals surface area (Å²) in [5.74, 6) is -0.212. The molecule has 7 heteroatoms. The maximum atomic E-state index is 12.7. The maximum absolute atomic E-state index is 12.7. The Morgan fingerprint density at radius 3 is 2.52 bits per heavy atom. The van der Waals surface area contributed by atoms with Crippen LogP contribution in [-0.4, -0.2) is 11.6 Å². The van der Waals surface area contributed by atoms with Crippen LogP contribution in [0.2, 0.25) is 0 Å². The van der Waals surface area contributed by atoms with Gasteiger partial charge in [0.05, 0.1) is 11.3 Å². The number of hydrogen-bond donors (Lipinski definition) is 1. The average Bonchev–Trinajstić information content (AvgIpc) is 2.55. The molecule has 25 heavy (non-hydrogen) atoms. The Hall–Kier alpha value is -2.83. The van der Waals surface area contributed by atoms with Gasteiger partial charge in [0.15, 0.2) is 0 Å². The first kappa shape index (κ1) is 18.5. The van der Waals surface area contributed by atoms with Crippen LogP contribution in [0.25, 0.3) is 0 Å². The van der Waals surface area contributed by atoms with E-state index in [4.69, 9.17) is 4.84 Å². The van der Waals surface area contributed by atoms with E-state index in [1.165, 1.54) is 19.1 Å². The van der Waals surface area contributed by atoms with Crippen molar-refractivity contribution in [3.8, 4) is 0 Å². The highest BCUT2D eigenvalue weighted by molar-refractivity contribution is 5.98. The first-order valence-electron chi connectivity index (χ1n) is 7.47. The molecule has 2 rings (SSSR count). The maximum Gasteiger partial charge on any atom is 0.416 e. The number of alkyl halides is 3. The van der Waals surface area contributed by atoms with Crippen LogP contribution in [0.5, 0.6) is 0 Å². The van der Waals surface area contributed by atoms with Crippen LogP contribution in [0, 0.1) is 0 Å². The fraction of sp³-hybridized carbons (Fsp3) is 0.222. The van der Waals surface area contributed by atoms with Gasteiger partial charge < -0.3 is 10.2 Å². The molecule has 132 valence electrons. The van der Waals surface area contributed by atoms with E-state index in [0.29, 0.717) is 22.5 Å². The zero-order valence-corrected chi connectivity index (χ0v) is 13.7. The summed E-state index contributed by atoms with van der Waals surface area (Å²) in [7, 11) is 0. The Morgan fingerprint density at radius 1 is 1.12 bits per heavy atom. The van der Waals surface area contributed by atoms with E-state index < -0.39 is 11.7 Å². The summed E-state index contributed by atoms with van der Waals surface area (Å²) in [5.41, 5.74) is 1.21. The summed E-state index contributed by atoms with van der Waals surface area (Å²) in [4.78, 5) is 16.4. The van der Waals surface area contributed by atoms with Crippen molar-refractivity contribution >= 4 is 17.3 Å². The van der Waals surface area contributed by atoms with Gasteiger partial charge >= 0.3 is 6.18 Å². The van der Waals surface area contributed by atoms with Gasteiger partial charge in [-0.1, -0.05) is 35.5 Å². The highest BCUT2D eigenvalue weighted by atomic mass is 19.4. The lowest BCUT2D eigenvalue weighted by Crippen LogP contribution is -2.08. The van der Waals surface area contributed by atoms with Crippen molar-refractivity contribution in [2.75, 3.05) is 5.32 Å². The largest absolute Gasteiger partial charge is 0.416 e. The van der Waals surface area contributed by atoms with Crippen molar-refractivity contribution in [2.45, 2.75) is 26.6 Å². The minimum absolute atomic E-state index is 0.0761. The van der Waals surface area contributed by atoms with Gasteiger partial charge in [0.1, 0.15) is 6.61 Å². The molecule has 2 aromatic rings. The summed E-state index contributed by atoms with van der Waals surface area (Å²) in [6.45, 7) is 3.04. The van der Waals surface area contributed by atoms with Crippen molar-refractivity contribution in [2.24, 2.45) is 5.16 Å². The van der Waals surface area contributed by atoms with Gasteiger partial charge in [0.25, 0.3) is 0 Å². The molecule has 0 radical (unpaired) electrons. The van der Waals surface area contributed by atoms with Crippen LogP contribution in [0.1, 0.15) is 30.5 Å². The second-order valence-electron chi connectivity index (χ2n) is 5.37. The Balaban J connectivity index is 2.09. The molecule has 0 bridgehead atoms. The number of nitrogens with zero attached hydrogens (tertiary/aromatic N) is 1. The number of anilines is 1. The van der Waals surface area contributed by atoms with Crippen molar-refractivity contribution in [3.05, 3.63) is 65.2 Å². The Morgan fingerprint density at radius 2 is 1.84 bits per heavy atom. The summed E-state index contributed by atoms with van der Waals surface area (Å²) in [6.07, 6.45) is -4.41. The van der Waals surface area contributed by atoms with Crippen LogP contribution in [0.4, 0.5) is 18.9 Å². The third kappa shape index (κ3) is 5.34. The number of amides is 1. The molecular formula is C18H17F3N2O2. The highest BCUT2D eigenvalue weighted by Gasteiger charge is 2.30. The first-order chi connectivity index (χ1) is 11.8. The fourth-order valence-electron chi connectivity index (χ4n) is 2.13. The van der Waals surface area contributed by atoms with E-state index in [2.05, 4.69) is 10.5 Å². The number of carbonyl (C=O) groups excluding carboxylic acids is 1. The van der Waals surface area contributed by atoms with Gasteiger partial charge in [0, 0.05) is 18.2 Å². The lowest BCUT2D eigenvalue weighted by molar-refractivity contribution is -0.137. The number of oxime groups is 1. The molecule has 0 atom stereocenters. The van der Waals surface area contributed by atoms with Crippen molar-refractivity contribution in [1.29, 1.82) is 0 Å². The van der Waals surface area contributed by atoms with E-state index in [1.807, 2.05) is 0 Å². The van der Waals surface area contributed by atoms with E-state index >= 15 is 0 Å². The number of rotatable bonds is 5. The molecular weight excluding hydrogens is 333 g/mol. The fourth-order valence-corrected chi connectivity index (χ4v) is 2.13. The molecule has 2 aromatic carbocycles. The molecule has 0 spiro atoms. The summed E-state index contributed by atoms with van der Waals surface area (Å²) >= 11 is 0. The van der Waals surface area contributed by atoms with Crippen LogP contribution in [0.15, 0.2) is 53.7 Å². The molecule has 0 saturated carbocycles. The summed E-state index contributed by atoms with van der Waals surface area (Å²) < 4.78 is 38.2. The third-order valence-electron chi connectivity index (χ3n) is 3.36. The normalized spacial score (nSPS) is 12.0. The topological polar surface area (TPSA) is 50.7 Å². The predicted octanol–water partition coefficient (Wildman–Crippen LogP) is 4.60. The lowest BCUT2D eigenvalue weighted by atomic mass is 10.1. The van der Waals surface area contributed by atoms with Gasteiger partial charge in [-0.3, -0.25) is 4.79 Å². The second kappa shape index (κ2) is 7.83. The number of carbonyl (C=O) groups is 1. The van der Waals surface area contributed by atoms with Gasteiger partial charge in [-0.2, -0.15) is 13.2 Å². The first-order valence-corrected chi connectivity index (χ1v) is 7.47. The molecule has 0 fully saturated rings. The Bertz CT molecular complexity index is 786. The van der Waals surface area contributed by atoms with Gasteiger partial charge in [-0.25, -0.2) is 0 Å². The molecule has 0 heterocycles. The summed E-state index contributed by atoms with van der Waals surface area (Å²) in [6, 6.07) is 11.9. The van der Waals surface area contributed by atoms with Gasteiger partial charge in [-0.05, 0) is 30.7 Å². The zero-order valence-electron chi connectivity index (χ0n) is 13.7. The molecule has 1 N–H and O–H groups in total. The van der Waals surface area contributed by atoms with Crippen LogP contribution in [-0.2, 0) is 22.4 Å². The number of para-hydroxylation sites is 1. The highest BCUT2D eigenvalue weighted by Crippen LogP contribution is 2.29. The van der Waals surface area contributed by atoms with E-state index in [0.717, 1.165) is 12.1 Å². The van der Waals surface area contributed by atoms with E-state index in [-0.39, 0.29) is 12.5 Å². The minimum atomic E-state index is -4.41.